The number of nitrogens with one attached hydrogen (secondary N) is 2. The van der Waals surface area contributed by atoms with Gasteiger partial charge in [0.15, 0.2) is 5.82 Å². The van der Waals surface area contributed by atoms with Crippen LogP contribution in [0.2, 0.25) is 10.0 Å². The molecule has 41 heavy (non-hydrogen) atoms. The van der Waals surface area contributed by atoms with Crippen molar-refractivity contribution in [3.63, 3.8) is 0 Å². The molecule has 0 saturated carbocycles. The topological polar surface area (TPSA) is 85.0 Å². The zero-order valence-electron chi connectivity index (χ0n) is 21.7. The van der Waals surface area contributed by atoms with Gasteiger partial charge in [0, 0.05) is 22.3 Å². The molecule has 0 aliphatic heterocycles. The molecule has 2 aromatic heterocycles. The molecule has 0 saturated heterocycles. The van der Waals surface area contributed by atoms with Gasteiger partial charge in [-0.2, -0.15) is 4.98 Å². The first-order chi connectivity index (χ1) is 19.9. The lowest BCUT2D eigenvalue weighted by Crippen LogP contribution is -2.24. The number of anilines is 4. The fourth-order valence-corrected chi connectivity index (χ4v) is 5.37. The molecule has 0 spiro atoms. The Morgan fingerprint density at radius 2 is 1.61 bits per heavy atom. The molecule has 0 fully saturated rings. The number of hydrogen-bond donors (Lipinski definition) is 2. The van der Waals surface area contributed by atoms with Gasteiger partial charge in [0.25, 0.3) is 5.56 Å². The SMILES string of the molecule is Cc1ccccc1Nc1coc(-n2c(Cc3ccccc3Nc3c(Cl)cccc3Cl)nc3ccc(Br)cc3c2=O)n1. The number of rotatable bonds is 7. The Balaban J connectivity index is 1.45. The van der Waals surface area contributed by atoms with E-state index in [4.69, 9.17) is 32.6 Å². The molecule has 6 aromatic rings. The van der Waals surface area contributed by atoms with E-state index in [1.54, 1.807) is 24.3 Å². The highest BCUT2D eigenvalue weighted by Gasteiger charge is 2.19. The largest absolute Gasteiger partial charge is 0.429 e. The second-order valence-corrected chi connectivity index (χ2v) is 11.1. The predicted molar refractivity (Wildman–Crippen MR) is 169 cm³/mol. The Kier molecular flexibility index (Phi) is 7.53. The number of para-hydroxylation sites is 3. The summed E-state index contributed by atoms with van der Waals surface area (Å²) in [5.74, 6) is 0.922. The molecule has 0 unspecified atom stereocenters. The van der Waals surface area contributed by atoms with Crippen LogP contribution < -0.4 is 16.2 Å². The smallest absolute Gasteiger partial charge is 0.312 e. The highest BCUT2D eigenvalue weighted by molar-refractivity contribution is 9.10. The van der Waals surface area contributed by atoms with Crippen molar-refractivity contribution < 1.29 is 4.42 Å². The van der Waals surface area contributed by atoms with Gasteiger partial charge in [-0.15, -0.1) is 0 Å². The lowest BCUT2D eigenvalue weighted by Gasteiger charge is -2.16. The number of hydrogen-bond acceptors (Lipinski definition) is 6. The maximum Gasteiger partial charge on any atom is 0.312 e. The van der Waals surface area contributed by atoms with Crippen LogP contribution in [0.3, 0.4) is 0 Å². The number of halogens is 3. The summed E-state index contributed by atoms with van der Waals surface area (Å²) < 4.78 is 8.03. The third-order valence-electron chi connectivity index (χ3n) is 6.58. The molecule has 0 atom stereocenters. The first-order valence-electron chi connectivity index (χ1n) is 12.7. The Hall–Kier alpha value is -4.11. The molecule has 204 valence electrons. The van der Waals surface area contributed by atoms with Crippen molar-refractivity contribution in [2.45, 2.75) is 13.3 Å². The van der Waals surface area contributed by atoms with E-state index >= 15 is 0 Å². The average Bonchev–Trinajstić information content (AvgIpc) is 3.41. The zero-order valence-corrected chi connectivity index (χ0v) is 24.8. The Morgan fingerprint density at radius 3 is 2.39 bits per heavy atom. The summed E-state index contributed by atoms with van der Waals surface area (Å²) in [5.41, 5.74) is 4.44. The van der Waals surface area contributed by atoms with Crippen molar-refractivity contribution in [2.75, 3.05) is 10.6 Å². The third kappa shape index (κ3) is 5.59. The highest BCUT2D eigenvalue weighted by Crippen LogP contribution is 2.34. The minimum atomic E-state index is -0.296. The summed E-state index contributed by atoms with van der Waals surface area (Å²) in [5, 5.41) is 8.03. The second-order valence-electron chi connectivity index (χ2n) is 9.34. The fourth-order valence-electron chi connectivity index (χ4n) is 4.51. The molecule has 0 radical (unpaired) electrons. The van der Waals surface area contributed by atoms with Gasteiger partial charge in [-0.1, -0.05) is 81.6 Å². The van der Waals surface area contributed by atoms with E-state index in [1.165, 1.54) is 10.8 Å². The van der Waals surface area contributed by atoms with E-state index < -0.39 is 0 Å². The highest BCUT2D eigenvalue weighted by atomic mass is 79.9. The van der Waals surface area contributed by atoms with Crippen molar-refractivity contribution in [3.8, 4) is 6.01 Å². The number of fused-ring (bicyclic) bond motifs is 1. The van der Waals surface area contributed by atoms with Crippen LogP contribution >= 0.6 is 39.1 Å². The molecule has 0 bridgehead atoms. The van der Waals surface area contributed by atoms with E-state index in [0.29, 0.717) is 38.3 Å². The molecule has 2 heterocycles. The van der Waals surface area contributed by atoms with E-state index in [-0.39, 0.29) is 18.0 Å². The van der Waals surface area contributed by atoms with Crippen LogP contribution in [0.4, 0.5) is 22.9 Å². The lowest BCUT2D eigenvalue weighted by molar-refractivity contribution is 0.515. The number of benzene rings is 4. The maximum atomic E-state index is 13.9. The number of oxazole rings is 1. The summed E-state index contributed by atoms with van der Waals surface area (Å²) in [6, 6.07) is 26.4. The van der Waals surface area contributed by atoms with Gasteiger partial charge in [-0.25, -0.2) is 9.55 Å². The minimum Gasteiger partial charge on any atom is -0.429 e. The monoisotopic (exact) mass is 645 g/mol. The maximum absolute atomic E-state index is 13.9. The zero-order chi connectivity index (χ0) is 28.5. The molecule has 6 rings (SSSR count). The van der Waals surface area contributed by atoms with Crippen LogP contribution in [0.25, 0.3) is 16.9 Å². The van der Waals surface area contributed by atoms with Crippen LogP contribution in [0.1, 0.15) is 17.0 Å². The first-order valence-corrected chi connectivity index (χ1v) is 14.2. The second kappa shape index (κ2) is 11.4. The van der Waals surface area contributed by atoms with E-state index in [1.807, 2.05) is 67.6 Å². The van der Waals surface area contributed by atoms with Gasteiger partial charge < -0.3 is 15.1 Å². The molecule has 10 heteroatoms. The Morgan fingerprint density at radius 1 is 0.878 bits per heavy atom. The standard InChI is InChI=1S/C31H22BrCl2N5O2/c1-18-7-2-4-11-24(18)35-27-17-41-31(38-27)39-28(36-26-14-13-20(32)16-21(26)30(39)40)15-19-8-3-5-12-25(19)37-29-22(33)9-6-10-23(29)34/h2-14,16-17,35,37H,15H2,1H3. The van der Waals surface area contributed by atoms with Gasteiger partial charge in [-0.3, -0.25) is 4.79 Å². The van der Waals surface area contributed by atoms with Crippen molar-refractivity contribution in [1.82, 2.24) is 14.5 Å². The van der Waals surface area contributed by atoms with E-state index in [9.17, 15) is 4.79 Å². The van der Waals surface area contributed by atoms with Crippen molar-refractivity contribution in [2.24, 2.45) is 0 Å². The molecule has 0 amide bonds. The fraction of sp³-hybridized carbons (Fsp3) is 0.0645. The summed E-state index contributed by atoms with van der Waals surface area (Å²) in [6.45, 7) is 2.00. The normalized spacial score (nSPS) is 11.1. The molecule has 7 nitrogen and oxygen atoms in total. The molecular weight excluding hydrogens is 625 g/mol. The van der Waals surface area contributed by atoms with Crippen LogP contribution in [-0.2, 0) is 6.42 Å². The van der Waals surface area contributed by atoms with Crippen LogP contribution in [0.5, 0.6) is 0 Å². The van der Waals surface area contributed by atoms with Gasteiger partial charge in [0.1, 0.15) is 12.1 Å². The van der Waals surface area contributed by atoms with Crippen LogP contribution in [0.15, 0.2) is 105 Å². The van der Waals surface area contributed by atoms with Crippen molar-refractivity contribution in [3.05, 3.63) is 133 Å². The van der Waals surface area contributed by atoms with E-state index in [2.05, 4.69) is 31.5 Å². The molecule has 0 aliphatic rings. The van der Waals surface area contributed by atoms with Gasteiger partial charge >= 0.3 is 6.01 Å². The van der Waals surface area contributed by atoms with Crippen molar-refractivity contribution in [1.29, 1.82) is 0 Å². The van der Waals surface area contributed by atoms with Gasteiger partial charge in [-0.05, 0) is 60.5 Å². The van der Waals surface area contributed by atoms with Gasteiger partial charge in [0.05, 0.1) is 26.6 Å². The average molecular weight is 647 g/mol. The van der Waals surface area contributed by atoms with Gasteiger partial charge in [0.2, 0.25) is 0 Å². The number of nitrogens with zero attached hydrogens (tertiary/aromatic N) is 3. The molecular formula is C31H22BrCl2N5O2. The minimum absolute atomic E-state index is 0.107. The van der Waals surface area contributed by atoms with E-state index in [0.717, 1.165) is 27.0 Å². The molecule has 4 aromatic carbocycles. The number of aromatic nitrogens is 3. The predicted octanol–water partition coefficient (Wildman–Crippen LogP) is 8.83. The summed E-state index contributed by atoms with van der Waals surface area (Å²) in [7, 11) is 0. The number of aryl methyl sites for hydroxylation is 1. The third-order valence-corrected chi connectivity index (χ3v) is 7.70. The Bertz CT molecular complexity index is 1950. The lowest BCUT2D eigenvalue weighted by atomic mass is 10.1. The summed E-state index contributed by atoms with van der Waals surface area (Å²) in [6.07, 6.45) is 1.77. The van der Waals surface area contributed by atoms with Crippen LogP contribution in [0, 0.1) is 6.92 Å². The first kappa shape index (κ1) is 27.1. The summed E-state index contributed by atoms with van der Waals surface area (Å²) >= 11 is 16.3. The molecule has 0 aliphatic carbocycles. The summed E-state index contributed by atoms with van der Waals surface area (Å²) in [4.78, 5) is 23.4. The van der Waals surface area contributed by atoms with Crippen LogP contribution in [-0.4, -0.2) is 14.5 Å². The molecule has 2 N–H and O–H groups in total. The van der Waals surface area contributed by atoms with Crippen molar-refractivity contribution >= 4 is 72.9 Å². The Labute approximate surface area is 253 Å². The quantitative estimate of drug-likeness (QED) is 0.180.